The Labute approximate surface area is 152 Å². The molecule has 0 amide bonds. The van der Waals surface area contributed by atoms with Gasteiger partial charge in [-0.25, -0.2) is 0 Å². The van der Waals surface area contributed by atoms with Gasteiger partial charge in [0.05, 0.1) is 0 Å². The number of aromatic nitrogens is 1. The molecule has 0 saturated heterocycles. The number of halogens is 3. The molecule has 0 bridgehead atoms. The van der Waals surface area contributed by atoms with Crippen molar-refractivity contribution in [1.29, 1.82) is 0 Å². The maximum Gasteiger partial charge on any atom is 0.256 e. The number of pyridine rings is 1. The fraction of sp³-hybridized carbons (Fsp3) is 0.450. The normalized spacial score (nSPS) is 12.3. The lowest BCUT2D eigenvalue weighted by molar-refractivity contribution is 0.289. The van der Waals surface area contributed by atoms with Gasteiger partial charge in [-0.2, -0.15) is 18.2 Å². The molecule has 26 heavy (non-hydrogen) atoms. The second-order valence-electron chi connectivity index (χ2n) is 6.45. The number of nitrogens with zero attached hydrogens (tertiary/aromatic N) is 1. The molecule has 1 rings (SSSR count). The number of allylic oxidation sites excluding steroid dienone is 5. The summed E-state index contributed by atoms with van der Waals surface area (Å²) < 4.78 is 45.0. The molecule has 0 radical (unpaired) electrons. The van der Waals surface area contributed by atoms with Gasteiger partial charge in [-0.05, 0) is 59.5 Å². The van der Waals surface area contributed by atoms with Crippen LogP contribution in [0.1, 0.15) is 53.4 Å². The standard InChI is InChI=1S/C20H26F3NO2/c1-13(2)7-5-8-14(3)9-6-10-15(4)11-12-26-18-16(21)19(23)24-20(25)17(18)22/h7,9,11H,5-6,8,10,12H2,1-4H3,(H,24,25)/b14-9+,15-11+. The minimum atomic E-state index is -1.60. The number of aromatic hydroxyl groups is 1. The van der Waals surface area contributed by atoms with Crippen molar-refractivity contribution in [3.05, 3.63) is 52.5 Å². The lowest BCUT2D eigenvalue weighted by Crippen LogP contribution is -2.04. The summed E-state index contributed by atoms with van der Waals surface area (Å²) in [5.74, 6) is -6.76. The summed E-state index contributed by atoms with van der Waals surface area (Å²) >= 11 is 0. The molecule has 0 aliphatic heterocycles. The van der Waals surface area contributed by atoms with Crippen LogP contribution in [0.25, 0.3) is 0 Å². The maximum absolute atomic E-state index is 13.5. The van der Waals surface area contributed by atoms with Crippen LogP contribution in [0, 0.1) is 17.6 Å². The summed E-state index contributed by atoms with van der Waals surface area (Å²) in [6.07, 6.45) is 9.73. The zero-order valence-electron chi connectivity index (χ0n) is 15.7. The monoisotopic (exact) mass is 369 g/mol. The first kappa shape index (κ1) is 21.8. The lowest BCUT2D eigenvalue weighted by Gasteiger charge is -2.08. The third-order valence-corrected chi connectivity index (χ3v) is 3.76. The summed E-state index contributed by atoms with van der Waals surface area (Å²) in [6.45, 7) is 8.00. The molecule has 0 saturated carbocycles. The SMILES string of the molecule is CC(C)=CCC/C(C)=C/CC/C(C)=C/COc1c(F)c(O)nc(F)c1F. The topological polar surface area (TPSA) is 42.4 Å². The second-order valence-corrected chi connectivity index (χ2v) is 6.45. The Morgan fingerprint density at radius 1 is 0.923 bits per heavy atom. The number of ether oxygens (including phenoxy) is 1. The molecular formula is C20H26F3NO2. The van der Waals surface area contributed by atoms with Gasteiger partial charge in [0.2, 0.25) is 17.4 Å². The van der Waals surface area contributed by atoms with Crippen LogP contribution in [0.5, 0.6) is 11.6 Å². The number of hydrogen-bond donors (Lipinski definition) is 1. The van der Waals surface area contributed by atoms with E-state index in [9.17, 15) is 13.2 Å². The Morgan fingerprint density at radius 2 is 1.50 bits per heavy atom. The van der Waals surface area contributed by atoms with E-state index in [2.05, 4.69) is 37.9 Å². The van der Waals surface area contributed by atoms with Gasteiger partial charge in [0.25, 0.3) is 11.8 Å². The smallest absolute Gasteiger partial charge is 0.256 e. The van der Waals surface area contributed by atoms with Crippen molar-refractivity contribution in [2.24, 2.45) is 0 Å². The van der Waals surface area contributed by atoms with Gasteiger partial charge < -0.3 is 9.84 Å². The van der Waals surface area contributed by atoms with Gasteiger partial charge in [-0.1, -0.05) is 28.9 Å². The summed E-state index contributed by atoms with van der Waals surface area (Å²) in [6, 6.07) is 0. The predicted molar refractivity (Wildman–Crippen MR) is 96.7 cm³/mol. The van der Waals surface area contributed by atoms with Crippen LogP contribution in [0.15, 0.2) is 34.9 Å². The third kappa shape index (κ3) is 7.33. The van der Waals surface area contributed by atoms with E-state index in [1.54, 1.807) is 6.08 Å². The van der Waals surface area contributed by atoms with Crippen LogP contribution in [-0.4, -0.2) is 16.7 Å². The second kappa shape index (κ2) is 10.7. The van der Waals surface area contributed by atoms with Gasteiger partial charge in [-0.15, -0.1) is 0 Å². The molecule has 6 heteroatoms. The number of rotatable bonds is 9. The Balaban J connectivity index is 2.49. The van der Waals surface area contributed by atoms with Crippen LogP contribution >= 0.6 is 0 Å². The number of hydrogen-bond acceptors (Lipinski definition) is 3. The first-order valence-electron chi connectivity index (χ1n) is 8.53. The van der Waals surface area contributed by atoms with Crippen molar-refractivity contribution in [2.45, 2.75) is 53.4 Å². The molecule has 0 atom stereocenters. The first-order valence-corrected chi connectivity index (χ1v) is 8.53. The molecule has 0 unspecified atom stereocenters. The highest BCUT2D eigenvalue weighted by Gasteiger charge is 2.21. The molecule has 0 aliphatic carbocycles. The molecule has 144 valence electrons. The summed E-state index contributed by atoms with van der Waals surface area (Å²) in [4.78, 5) is 2.70. The molecule has 1 N–H and O–H groups in total. The average Bonchev–Trinajstić information content (AvgIpc) is 2.56. The minimum absolute atomic E-state index is 0.133. The Bertz CT molecular complexity index is 679. The molecule has 0 fully saturated rings. The van der Waals surface area contributed by atoms with Gasteiger partial charge >= 0.3 is 0 Å². The minimum Gasteiger partial charge on any atom is -0.491 e. The predicted octanol–water partition coefficient (Wildman–Crippen LogP) is 6.00. The summed E-state index contributed by atoms with van der Waals surface area (Å²) in [7, 11) is 0. The van der Waals surface area contributed by atoms with E-state index in [-0.39, 0.29) is 6.61 Å². The highest BCUT2D eigenvalue weighted by molar-refractivity contribution is 5.31. The summed E-state index contributed by atoms with van der Waals surface area (Å²) in [5.41, 5.74) is 3.61. The van der Waals surface area contributed by atoms with Crippen molar-refractivity contribution in [1.82, 2.24) is 4.98 Å². The van der Waals surface area contributed by atoms with Crippen molar-refractivity contribution >= 4 is 0 Å². The van der Waals surface area contributed by atoms with Crippen LogP contribution in [-0.2, 0) is 0 Å². The first-order chi connectivity index (χ1) is 12.2. The van der Waals surface area contributed by atoms with E-state index >= 15 is 0 Å². The van der Waals surface area contributed by atoms with E-state index in [0.717, 1.165) is 31.3 Å². The molecule has 1 aromatic rings. The average molecular weight is 369 g/mol. The molecule has 0 aliphatic rings. The Morgan fingerprint density at radius 3 is 2.12 bits per heavy atom. The van der Waals surface area contributed by atoms with Crippen LogP contribution in [0.3, 0.4) is 0 Å². The fourth-order valence-corrected chi connectivity index (χ4v) is 2.22. The fourth-order valence-electron chi connectivity index (χ4n) is 2.22. The molecule has 3 nitrogen and oxygen atoms in total. The highest BCUT2D eigenvalue weighted by Crippen LogP contribution is 2.28. The van der Waals surface area contributed by atoms with Crippen molar-refractivity contribution in [2.75, 3.05) is 6.61 Å². The van der Waals surface area contributed by atoms with Crippen molar-refractivity contribution in [3.63, 3.8) is 0 Å². The molecule has 1 aromatic heterocycles. The molecule has 0 spiro atoms. The maximum atomic E-state index is 13.5. The molecule has 1 heterocycles. The van der Waals surface area contributed by atoms with E-state index in [4.69, 9.17) is 9.84 Å². The van der Waals surface area contributed by atoms with E-state index in [0.29, 0.717) is 0 Å². The Kier molecular flexibility index (Phi) is 8.96. The summed E-state index contributed by atoms with van der Waals surface area (Å²) in [5, 5.41) is 9.08. The van der Waals surface area contributed by atoms with Crippen LogP contribution in [0.2, 0.25) is 0 Å². The van der Waals surface area contributed by atoms with Gasteiger partial charge in [0, 0.05) is 0 Å². The van der Waals surface area contributed by atoms with Crippen LogP contribution in [0.4, 0.5) is 13.2 Å². The van der Waals surface area contributed by atoms with Gasteiger partial charge in [0.15, 0.2) is 0 Å². The zero-order valence-corrected chi connectivity index (χ0v) is 15.7. The van der Waals surface area contributed by atoms with Crippen molar-refractivity contribution in [3.8, 4) is 11.6 Å². The molecular weight excluding hydrogens is 343 g/mol. The lowest BCUT2D eigenvalue weighted by atomic mass is 10.1. The van der Waals surface area contributed by atoms with E-state index < -0.39 is 29.2 Å². The van der Waals surface area contributed by atoms with Gasteiger partial charge in [-0.3, -0.25) is 0 Å². The highest BCUT2D eigenvalue weighted by atomic mass is 19.2. The molecule has 0 aromatic carbocycles. The largest absolute Gasteiger partial charge is 0.491 e. The Hall–Kier alpha value is -2.24. The van der Waals surface area contributed by atoms with Gasteiger partial charge in [0.1, 0.15) is 6.61 Å². The van der Waals surface area contributed by atoms with E-state index in [1.807, 2.05) is 6.92 Å². The zero-order chi connectivity index (χ0) is 19.7. The van der Waals surface area contributed by atoms with E-state index in [1.165, 1.54) is 11.1 Å². The quantitative estimate of drug-likeness (QED) is 0.429. The third-order valence-electron chi connectivity index (χ3n) is 3.76. The van der Waals surface area contributed by atoms with Crippen molar-refractivity contribution < 1.29 is 23.0 Å². The van der Waals surface area contributed by atoms with Crippen LogP contribution < -0.4 is 4.74 Å².